The molecule has 3 heteroatoms. The molecule has 100 valence electrons. The number of aryl methyl sites for hydroxylation is 1. The maximum absolute atomic E-state index is 8.80. The van der Waals surface area contributed by atoms with Gasteiger partial charge < -0.3 is 4.52 Å². The molecule has 0 aliphatic rings. The Hall–Kier alpha value is -1.30. The number of aromatic nitrogens is 1. The zero-order valence-corrected chi connectivity index (χ0v) is 11.7. The Morgan fingerprint density at radius 2 is 1.72 bits per heavy atom. The van der Waals surface area contributed by atoms with Gasteiger partial charge in [0.15, 0.2) is 5.76 Å². The van der Waals surface area contributed by atoms with Crippen LogP contribution in [0.25, 0.3) is 0 Å². The second-order valence-corrected chi connectivity index (χ2v) is 4.78. The maximum Gasteiger partial charge on any atom is 0.154 e. The minimum Gasteiger partial charge on any atom is -0.360 e. The topological polar surface area (TPSA) is 49.8 Å². The Balaban J connectivity index is 2.66. The van der Waals surface area contributed by atoms with E-state index in [1.54, 1.807) is 0 Å². The van der Waals surface area contributed by atoms with Crippen LogP contribution in [0.1, 0.15) is 69.4 Å². The first kappa shape index (κ1) is 14.8. The van der Waals surface area contributed by atoms with Crippen LogP contribution in [0.2, 0.25) is 0 Å². The van der Waals surface area contributed by atoms with Gasteiger partial charge in [0.05, 0.1) is 18.2 Å². The zero-order chi connectivity index (χ0) is 13.2. The Kier molecular flexibility index (Phi) is 7.17. The molecule has 0 N–H and O–H groups in total. The smallest absolute Gasteiger partial charge is 0.154 e. The standard InChI is InChI=1S/C15H24N2O/c1-3-5-7-9-13-14(10-8-6-4-2)17-18-15(13)11-12-16/h3-11H2,1-2H3. The number of nitriles is 1. The van der Waals surface area contributed by atoms with Crippen LogP contribution in [-0.2, 0) is 19.3 Å². The van der Waals surface area contributed by atoms with Crippen molar-refractivity contribution in [3.05, 3.63) is 17.0 Å². The summed E-state index contributed by atoms with van der Waals surface area (Å²) in [7, 11) is 0. The van der Waals surface area contributed by atoms with Gasteiger partial charge in [-0.3, -0.25) is 0 Å². The summed E-state index contributed by atoms with van der Waals surface area (Å²) in [4.78, 5) is 0. The van der Waals surface area contributed by atoms with Crippen LogP contribution < -0.4 is 0 Å². The maximum atomic E-state index is 8.80. The van der Waals surface area contributed by atoms with Gasteiger partial charge in [0, 0.05) is 5.56 Å². The van der Waals surface area contributed by atoms with E-state index in [2.05, 4.69) is 25.1 Å². The highest BCUT2D eigenvalue weighted by atomic mass is 16.5. The Labute approximate surface area is 110 Å². The molecule has 0 atom stereocenters. The van der Waals surface area contributed by atoms with Crippen molar-refractivity contribution < 1.29 is 4.52 Å². The van der Waals surface area contributed by atoms with Crippen LogP contribution in [0.3, 0.4) is 0 Å². The highest BCUT2D eigenvalue weighted by molar-refractivity contribution is 5.25. The third kappa shape index (κ3) is 4.52. The van der Waals surface area contributed by atoms with Crippen molar-refractivity contribution in [2.45, 2.75) is 71.6 Å². The van der Waals surface area contributed by atoms with E-state index in [1.165, 1.54) is 31.2 Å². The lowest BCUT2D eigenvalue weighted by Gasteiger charge is -2.02. The molecule has 0 saturated heterocycles. The fraction of sp³-hybridized carbons (Fsp3) is 0.733. The number of hydrogen-bond acceptors (Lipinski definition) is 3. The molecule has 0 fully saturated rings. The van der Waals surface area contributed by atoms with E-state index < -0.39 is 0 Å². The third-order valence-corrected chi connectivity index (χ3v) is 3.24. The molecule has 0 aromatic carbocycles. The van der Waals surface area contributed by atoms with Crippen molar-refractivity contribution in [2.75, 3.05) is 0 Å². The molecule has 18 heavy (non-hydrogen) atoms. The van der Waals surface area contributed by atoms with E-state index >= 15 is 0 Å². The van der Waals surface area contributed by atoms with Crippen LogP contribution in [0, 0.1) is 11.3 Å². The molecule has 0 saturated carbocycles. The zero-order valence-electron chi connectivity index (χ0n) is 11.7. The van der Waals surface area contributed by atoms with Crippen molar-refractivity contribution in [3.63, 3.8) is 0 Å². The minimum atomic E-state index is 0.349. The van der Waals surface area contributed by atoms with E-state index in [0.717, 1.165) is 37.1 Å². The molecule has 0 spiro atoms. The minimum absolute atomic E-state index is 0.349. The van der Waals surface area contributed by atoms with Gasteiger partial charge in [0.2, 0.25) is 0 Å². The lowest BCUT2D eigenvalue weighted by Crippen LogP contribution is -1.96. The van der Waals surface area contributed by atoms with Crippen LogP contribution in [0.5, 0.6) is 0 Å². The summed E-state index contributed by atoms with van der Waals surface area (Å²) < 4.78 is 5.33. The average molecular weight is 248 g/mol. The first-order chi connectivity index (χ1) is 8.83. The van der Waals surface area contributed by atoms with Crippen LogP contribution in [0.15, 0.2) is 4.52 Å². The Morgan fingerprint density at radius 3 is 2.33 bits per heavy atom. The predicted molar refractivity (Wildman–Crippen MR) is 72.3 cm³/mol. The molecule has 0 amide bonds. The van der Waals surface area contributed by atoms with Crippen LogP contribution >= 0.6 is 0 Å². The van der Waals surface area contributed by atoms with Crippen LogP contribution in [-0.4, -0.2) is 5.16 Å². The Morgan fingerprint density at radius 1 is 1.06 bits per heavy atom. The van der Waals surface area contributed by atoms with Crippen molar-refractivity contribution in [2.24, 2.45) is 0 Å². The molecular formula is C15H24N2O. The van der Waals surface area contributed by atoms with Gasteiger partial charge in [0.1, 0.15) is 0 Å². The molecule has 0 radical (unpaired) electrons. The second-order valence-electron chi connectivity index (χ2n) is 4.78. The molecule has 0 aliphatic carbocycles. The summed E-state index contributed by atoms with van der Waals surface area (Å²) in [6.45, 7) is 4.40. The molecule has 3 nitrogen and oxygen atoms in total. The van der Waals surface area contributed by atoms with E-state index in [1.807, 2.05) is 0 Å². The largest absolute Gasteiger partial charge is 0.360 e. The summed E-state index contributed by atoms with van der Waals surface area (Å²) in [5.74, 6) is 0.792. The van der Waals surface area contributed by atoms with E-state index in [-0.39, 0.29) is 0 Å². The number of nitrogens with zero attached hydrogens (tertiary/aromatic N) is 2. The summed E-state index contributed by atoms with van der Waals surface area (Å²) in [6.07, 6.45) is 9.56. The first-order valence-corrected chi connectivity index (χ1v) is 7.16. The molecule has 0 aliphatic heterocycles. The lowest BCUT2D eigenvalue weighted by atomic mass is 10.0. The molecule has 1 aromatic rings. The van der Waals surface area contributed by atoms with Gasteiger partial charge >= 0.3 is 0 Å². The van der Waals surface area contributed by atoms with Crippen molar-refractivity contribution in [1.82, 2.24) is 5.16 Å². The number of unbranched alkanes of at least 4 members (excludes halogenated alkanes) is 4. The molecule has 0 bridgehead atoms. The quantitative estimate of drug-likeness (QED) is 0.615. The monoisotopic (exact) mass is 248 g/mol. The SMILES string of the molecule is CCCCCc1noc(CC#N)c1CCCCC. The van der Waals surface area contributed by atoms with Crippen molar-refractivity contribution >= 4 is 0 Å². The second kappa shape index (κ2) is 8.74. The van der Waals surface area contributed by atoms with Gasteiger partial charge in [-0.05, 0) is 25.7 Å². The average Bonchev–Trinajstić information content (AvgIpc) is 2.74. The van der Waals surface area contributed by atoms with Gasteiger partial charge in [-0.1, -0.05) is 44.7 Å². The van der Waals surface area contributed by atoms with E-state index in [4.69, 9.17) is 9.78 Å². The highest BCUT2D eigenvalue weighted by Gasteiger charge is 2.14. The molecule has 1 aromatic heterocycles. The van der Waals surface area contributed by atoms with Crippen molar-refractivity contribution in [3.8, 4) is 6.07 Å². The third-order valence-electron chi connectivity index (χ3n) is 3.24. The highest BCUT2D eigenvalue weighted by Crippen LogP contribution is 2.20. The lowest BCUT2D eigenvalue weighted by molar-refractivity contribution is 0.383. The molecule has 1 rings (SSSR count). The predicted octanol–water partition coefficient (Wildman–Crippen LogP) is 4.21. The van der Waals surface area contributed by atoms with Gasteiger partial charge in [-0.15, -0.1) is 0 Å². The molecule has 0 unspecified atom stereocenters. The summed E-state index contributed by atoms with van der Waals surface area (Å²) >= 11 is 0. The summed E-state index contributed by atoms with van der Waals surface area (Å²) in [6, 6.07) is 2.16. The fourth-order valence-electron chi connectivity index (χ4n) is 2.17. The first-order valence-electron chi connectivity index (χ1n) is 7.16. The van der Waals surface area contributed by atoms with Crippen LogP contribution in [0.4, 0.5) is 0 Å². The molecule has 1 heterocycles. The normalized spacial score (nSPS) is 10.5. The summed E-state index contributed by atoms with van der Waals surface area (Å²) in [5.41, 5.74) is 2.30. The number of rotatable bonds is 9. The van der Waals surface area contributed by atoms with Gasteiger partial charge in [0.25, 0.3) is 0 Å². The fourth-order valence-corrected chi connectivity index (χ4v) is 2.17. The molecular weight excluding hydrogens is 224 g/mol. The van der Waals surface area contributed by atoms with Gasteiger partial charge in [-0.25, -0.2) is 0 Å². The van der Waals surface area contributed by atoms with E-state index in [0.29, 0.717) is 6.42 Å². The van der Waals surface area contributed by atoms with Crippen molar-refractivity contribution in [1.29, 1.82) is 5.26 Å². The van der Waals surface area contributed by atoms with E-state index in [9.17, 15) is 0 Å². The Bertz CT molecular complexity index is 376. The summed E-state index contributed by atoms with van der Waals surface area (Å²) in [5, 5.41) is 13.0. The van der Waals surface area contributed by atoms with Gasteiger partial charge in [-0.2, -0.15) is 5.26 Å². The number of hydrogen-bond donors (Lipinski definition) is 0.